The fourth-order valence-electron chi connectivity index (χ4n) is 2.82. The van der Waals surface area contributed by atoms with Crippen LogP contribution in [0.2, 0.25) is 0 Å². The molecule has 1 aliphatic carbocycles. The van der Waals surface area contributed by atoms with Gasteiger partial charge >= 0.3 is 0 Å². The molecule has 3 nitrogen and oxygen atoms in total. The van der Waals surface area contributed by atoms with Gasteiger partial charge in [-0.15, -0.1) is 0 Å². The average molecular weight is 276 g/mol. The molecule has 1 aromatic rings. The highest BCUT2D eigenvalue weighted by Crippen LogP contribution is 2.29. The normalized spacial score (nSPS) is 22.6. The Hall–Kier alpha value is -1.42. The summed E-state index contributed by atoms with van der Waals surface area (Å²) in [6, 6.07) is 6.83. The highest BCUT2D eigenvalue weighted by atomic mass is 19.1. The van der Waals surface area contributed by atoms with Crippen LogP contribution in [0.25, 0.3) is 0 Å². The van der Waals surface area contributed by atoms with E-state index in [0.29, 0.717) is 12.6 Å². The lowest BCUT2D eigenvalue weighted by Crippen LogP contribution is -2.49. The molecule has 1 atom stereocenters. The highest BCUT2D eigenvalue weighted by molar-refractivity contribution is 5.82. The van der Waals surface area contributed by atoms with Crippen LogP contribution in [0.3, 0.4) is 0 Å². The summed E-state index contributed by atoms with van der Waals surface area (Å²) in [6.07, 6.45) is 5.41. The van der Waals surface area contributed by atoms with Gasteiger partial charge in [0.25, 0.3) is 0 Å². The van der Waals surface area contributed by atoms with Gasteiger partial charge in [-0.2, -0.15) is 0 Å². The van der Waals surface area contributed by atoms with Gasteiger partial charge in [0.2, 0.25) is 5.91 Å². The Morgan fingerprint density at radius 1 is 1.20 bits per heavy atom. The Bertz CT molecular complexity index is 464. The Morgan fingerprint density at radius 2 is 1.95 bits per heavy atom. The standard InChI is InChI=1S/C16H21FN2O/c17-13-6-4-12(5-7-13)11-19(14-8-9-14)16(20)15-3-1-2-10-18-15/h4-7,14-15,18H,1-3,8-11H2/t15-/m0/s1. The second-order valence-electron chi connectivity index (χ2n) is 5.83. The Morgan fingerprint density at radius 3 is 2.55 bits per heavy atom. The lowest BCUT2D eigenvalue weighted by atomic mass is 10.0. The van der Waals surface area contributed by atoms with Gasteiger partial charge in [-0.25, -0.2) is 4.39 Å². The maximum atomic E-state index is 13.0. The van der Waals surface area contributed by atoms with Gasteiger partial charge in [0.1, 0.15) is 5.82 Å². The van der Waals surface area contributed by atoms with Crippen LogP contribution < -0.4 is 5.32 Å². The molecule has 1 aromatic carbocycles. The van der Waals surface area contributed by atoms with Crippen molar-refractivity contribution in [2.24, 2.45) is 0 Å². The van der Waals surface area contributed by atoms with E-state index in [0.717, 1.165) is 44.2 Å². The van der Waals surface area contributed by atoms with E-state index in [4.69, 9.17) is 0 Å². The summed E-state index contributed by atoms with van der Waals surface area (Å²) in [6.45, 7) is 1.54. The minimum atomic E-state index is -0.230. The number of nitrogens with one attached hydrogen (secondary N) is 1. The number of benzene rings is 1. The number of nitrogens with zero attached hydrogens (tertiary/aromatic N) is 1. The first-order valence-electron chi connectivity index (χ1n) is 7.52. The third-order valence-electron chi connectivity index (χ3n) is 4.15. The zero-order valence-electron chi connectivity index (χ0n) is 11.6. The fourth-order valence-corrected chi connectivity index (χ4v) is 2.82. The number of rotatable bonds is 4. The molecule has 1 heterocycles. The van der Waals surface area contributed by atoms with Crippen LogP contribution in [0.1, 0.15) is 37.7 Å². The predicted molar refractivity (Wildman–Crippen MR) is 75.6 cm³/mol. The third kappa shape index (κ3) is 3.18. The number of carbonyl (C=O) groups is 1. The quantitative estimate of drug-likeness (QED) is 0.916. The second kappa shape index (κ2) is 5.92. The van der Waals surface area contributed by atoms with E-state index in [2.05, 4.69) is 5.32 Å². The van der Waals surface area contributed by atoms with Crippen LogP contribution >= 0.6 is 0 Å². The van der Waals surface area contributed by atoms with Crippen molar-refractivity contribution in [1.29, 1.82) is 0 Å². The minimum absolute atomic E-state index is 0.0233. The van der Waals surface area contributed by atoms with E-state index in [1.54, 1.807) is 12.1 Å². The van der Waals surface area contributed by atoms with Gasteiger partial charge in [-0.05, 0) is 49.9 Å². The molecule has 4 heteroatoms. The maximum absolute atomic E-state index is 13.0. The van der Waals surface area contributed by atoms with Crippen molar-refractivity contribution in [2.45, 2.75) is 50.7 Å². The van der Waals surface area contributed by atoms with Gasteiger partial charge in [-0.3, -0.25) is 4.79 Å². The SMILES string of the molecule is O=C([C@@H]1CCCCN1)N(Cc1ccc(F)cc1)C1CC1. The summed E-state index contributed by atoms with van der Waals surface area (Å²) in [7, 11) is 0. The van der Waals surface area contributed by atoms with Crippen LogP contribution in [0, 0.1) is 5.82 Å². The number of amides is 1. The summed E-state index contributed by atoms with van der Waals surface area (Å²) in [5.41, 5.74) is 1.00. The molecule has 0 aromatic heterocycles. The molecule has 1 N–H and O–H groups in total. The lowest BCUT2D eigenvalue weighted by molar-refractivity contribution is -0.135. The summed E-state index contributed by atoms with van der Waals surface area (Å²) in [4.78, 5) is 14.6. The van der Waals surface area contributed by atoms with Crippen LogP contribution in [0.5, 0.6) is 0 Å². The van der Waals surface area contributed by atoms with Crippen molar-refractivity contribution >= 4 is 5.91 Å². The minimum Gasteiger partial charge on any atom is -0.334 e. The molecule has 108 valence electrons. The molecular formula is C16H21FN2O. The van der Waals surface area contributed by atoms with Gasteiger partial charge in [-0.1, -0.05) is 18.6 Å². The van der Waals surface area contributed by atoms with E-state index >= 15 is 0 Å². The van der Waals surface area contributed by atoms with E-state index in [9.17, 15) is 9.18 Å². The fraction of sp³-hybridized carbons (Fsp3) is 0.562. The van der Waals surface area contributed by atoms with E-state index in [1.165, 1.54) is 12.1 Å². The van der Waals surface area contributed by atoms with Gasteiger partial charge < -0.3 is 10.2 Å². The van der Waals surface area contributed by atoms with E-state index in [1.807, 2.05) is 4.90 Å². The number of hydrogen-bond donors (Lipinski definition) is 1. The van der Waals surface area contributed by atoms with Crippen molar-refractivity contribution < 1.29 is 9.18 Å². The van der Waals surface area contributed by atoms with Crippen LogP contribution in [-0.4, -0.2) is 29.4 Å². The molecule has 3 rings (SSSR count). The first-order chi connectivity index (χ1) is 9.74. The molecule has 0 spiro atoms. The summed E-state index contributed by atoms with van der Waals surface area (Å²) in [5, 5.41) is 3.33. The molecule has 1 aliphatic heterocycles. The summed E-state index contributed by atoms with van der Waals surface area (Å²) < 4.78 is 13.0. The van der Waals surface area contributed by atoms with Crippen LogP contribution in [0.4, 0.5) is 4.39 Å². The average Bonchev–Trinajstić information content (AvgIpc) is 3.31. The monoisotopic (exact) mass is 276 g/mol. The summed E-state index contributed by atoms with van der Waals surface area (Å²) in [5.74, 6) is -0.0106. The first kappa shape index (κ1) is 13.6. The van der Waals surface area contributed by atoms with Gasteiger partial charge in [0, 0.05) is 12.6 Å². The second-order valence-corrected chi connectivity index (χ2v) is 5.83. The van der Waals surface area contributed by atoms with Crippen LogP contribution in [-0.2, 0) is 11.3 Å². The van der Waals surface area contributed by atoms with Crippen molar-refractivity contribution in [3.05, 3.63) is 35.6 Å². The predicted octanol–water partition coefficient (Wildman–Crippen LogP) is 2.46. The molecule has 0 radical (unpaired) electrons. The van der Waals surface area contributed by atoms with Crippen molar-refractivity contribution in [3.8, 4) is 0 Å². The smallest absolute Gasteiger partial charge is 0.240 e. The van der Waals surface area contributed by atoms with Crippen molar-refractivity contribution in [3.63, 3.8) is 0 Å². The molecule has 0 unspecified atom stereocenters. The van der Waals surface area contributed by atoms with E-state index < -0.39 is 0 Å². The topological polar surface area (TPSA) is 32.3 Å². The van der Waals surface area contributed by atoms with Crippen molar-refractivity contribution in [2.75, 3.05) is 6.54 Å². The van der Waals surface area contributed by atoms with Crippen molar-refractivity contribution in [1.82, 2.24) is 10.2 Å². The molecule has 2 fully saturated rings. The number of piperidine rings is 1. The Labute approximate surface area is 119 Å². The maximum Gasteiger partial charge on any atom is 0.240 e. The lowest BCUT2D eigenvalue weighted by Gasteiger charge is -2.30. The molecular weight excluding hydrogens is 255 g/mol. The first-order valence-corrected chi connectivity index (χ1v) is 7.52. The molecule has 1 amide bonds. The zero-order chi connectivity index (χ0) is 13.9. The van der Waals surface area contributed by atoms with Gasteiger partial charge in [0.15, 0.2) is 0 Å². The number of carbonyl (C=O) groups excluding carboxylic acids is 1. The molecule has 0 bridgehead atoms. The Balaban J connectivity index is 1.68. The largest absolute Gasteiger partial charge is 0.334 e. The van der Waals surface area contributed by atoms with E-state index in [-0.39, 0.29) is 17.8 Å². The zero-order valence-corrected chi connectivity index (χ0v) is 11.6. The number of hydrogen-bond acceptors (Lipinski definition) is 2. The van der Waals surface area contributed by atoms with Crippen LogP contribution in [0.15, 0.2) is 24.3 Å². The third-order valence-corrected chi connectivity index (χ3v) is 4.15. The molecule has 2 aliphatic rings. The molecule has 20 heavy (non-hydrogen) atoms. The summed E-state index contributed by atoms with van der Waals surface area (Å²) >= 11 is 0. The highest BCUT2D eigenvalue weighted by Gasteiger charge is 2.36. The molecule has 1 saturated heterocycles. The molecule has 1 saturated carbocycles. The Kier molecular flexibility index (Phi) is 4.01. The van der Waals surface area contributed by atoms with Gasteiger partial charge in [0.05, 0.1) is 6.04 Å². The number of halogens is 1.